The molecule has 0 atom stereocenters. The Balaban J connectivity index is 3.28. The molecule has 0 aliphatic rings. The van der Waals surface area contributed by atoms with E-state index in [1.165, 1.54) is 7.11 Å². The van der Waals surface area contributed by atoms with E-state index in [-0.39, 0.29) is 4.99 Å². The molecule has 0 saturated heterocycles. The van der Waals surface area contributed by atoms with Gasteiger partial charge >= 0.3 is 5.97 Å². The van der Waals surface area contributed by atoms with Crippen LogP contribution in [0.4, 0.5) is 5.69 Å². The maximum absolute atomic E-state index is 11.3. The highest BCUT2D eigenvalue weighted by Crippen LogP contribution is 2.20. The molecular formula is C11H14N2O2S. The van der Waals surface area contributed by atoms with Crippen molar-refractivity contribution in [3.05, 3.63) is 29.3 Å². The summed E-state index contributed by atoms with van der Waals surface area (Å²) in [5.41, 5.74) is 7.60. The van der Waals surface area contributed by atoms with Gasteiger partial charge in [-0.3, -0.25) is 0 Å². The van der Waals surface area contributed by atoms with Gasteiger partial charge in [0.1, 0.15) is 4.99 Å². The molecule has 0 saturated carbocycles. The zero-order valence-electron chi connectivity index (χ0n) is 9.48. The minimum absolute atomic E-state index is 0.259. The van der Waals surface area contributed by atoms with E-state index in [1.54, 1.807) is 18.2 Å². The molecule has 86 valence electrons. The molecular weight excluding hydrogens is 224 g/mol. The third kappa shape index (κ3) is 2.49. The Morgan fingerprint density at radius 3 is 2.50 bits per heavy atom. The van der Waals surface area contributed by atoms with E-state index in [9.17, 15) is 4.79 Å². The summed E-state index contributed by atoms with van der Waals surface area (Å²) in [4.78, 5) is 13.5. The largest absolute Gasteiger partial charge is 0.465 e. The fraction of sp³-hybridized carbons (Fsp3) is 0.273. The van der Waals surface area contributed by atoms with Crippen LogP contribution in [0.25, 0.3) is 0 Å². The van der Waals surface area contributed by atoms with Crippen molar-refractivity contribution in [2.75, 3.05) is 26.1 Å². The lowest BCUT2D eigenvalue weighted by Gasteiger charge is -2.17. The Morgan fingerprint density at radius 1 is 1.44 bits per heavy atom. The number of ether oxygens (including phenoxy) is 1. The summed E-state index contributed by atoms with van der Waals surface area (Å²) in [6.45, 7) is 0. The Labute approximate surface area is 100.0 Å². The summed E-state index contributed by atoms with van der Waals surface area (Å²) < 4.78 is 4.63. The van der Waals surface area contributed by atoms with Gasteiger partial charge in [0.25, 0.3) is 0 Å². The third-order valence-corrected chi connectivity index (χ3v) is 2.38. The van der Waals surface area contributed by atoms with Crippen LogP contribution in [-0.4, -0.2) is 32.2 Å². The topological polar surface area (TPSA) is 55.6 Å². The van der Waals surface area contributed by atoms with Gasteiger partial charge in [-0.2, -0.15) is 0 Å². The number of benzene rings is 1. The summed E-state index contributed by atoms with van der Waals surface area (Å²) in [5.74, 6) is -0.400. The summed E-state index contributed by atoms with van der Waals surface area (Å²) in [5, 5.41) is 0. The average molecular weight is 238 g/mol. The lowest BCUT2D eigenvalue weighted by atomic mass is 10.1. The molecule has 16 heavy (non-hydrogen) atoms. The predicted octanol–water partition coefficient (Wildman–Crippen LogP) is 1.17. The number of hydrogen-bond donors (Lipinski definition) is 1. The van der Waals surface area contributed by atoms with E-state index in [0.717, 1.165) is 5.69 Å². The van der Waals surface area contributed by atoms with Gasteiger partial charge in [-0.05, 0) is 18.2 Å². The summed E-state index contributed by atoms with van der Waals surface area (Å²) in [6.07, 6.45) is 0. The molecule has 0 radical (unpaired) electrons. The number of anilines is 1. The minimum atomic E-state index is -0.400. The standard InChI is InChI=1S/C11H14N2O2S/c1-13(2)9-5-4-7(11(14)15-3)6-8(9)10(12)16/h4-6H,1-3H3,(H2,12,16). The van der Waals surface area contributed by atoms with Gasteiger partial charge in [-0.25, -0.2) is 4.79 Å². The Kier molecular flexibility index (Phi) is 3.84. The van der Waals surface area contributed by atoms with Crippen LogP contribution in [0, 0.1) is 0 Å². The number of nitrogens with two attached hydrogens (primary N) is 1. The molecule has 5 heteroatoms. The van der Waals surface area contributed by atoms with Gasteiger partial charge in [0.2, 0.25) is 0 Å². The molecule has 1 rings (SSSR count). The lowest BCUT2D eigenvalue weighted by Crippen LogP contribution is -2.18. The monoisotopic (exact) mass is 238 g/mol. The van der Waals surface area contributed by atoms with E-state index in [0.29, 0.717) is 11.1 Å². The fourth-order valence-corrected chi connectivity index (χ4v) is 1.53. The number of rotatable bonds is 3. The van der Waals surface area contributed by atoms with Crippen molar-refractivity contribution in [1.29, 1.82) is 0 Å². The van der Waals surface area contributed by atoms with Crippen LogP contribution >= 0.6 is 12.2 Å². The third-order valence-electron chi connectivity index (χ3n) is 2.16. The molecule has 1 aromatic carbocycles. The maximum atomic E-state index is 11.3. The van der Waals surface area contributed by atoms with Crippen LogP contribution in [-0.2, 0) is 4.74 Å². The minimum Gasteiger partial charge on any atom is -0.465 e. The molecule has 0 aliphatic heterocycles. The van der Waals surface area contributed by atoms with Crippen molar-refractivity contribution in [2.24, 2.45) is 5.73 Å². The zero-order valence-corrected chi connectivity index (χ0v) is 10.3. The van der Waals surface area contributed by atoms with Crippen LogP contribution < -0.4 is 10.6 Å². The second kappa shape index (κ2) is 4.94. The molecule has 0 heterocycles. The van der Waals surface area contributed by atoms with Crippen molar-refractivity contribution >= 4 is 28.9 Å². The van der Waals surface area contributed by atoms with E-state index in [4.69, 9.17) is 18.0 Å². The number of thiocarbonyl (C=S) groups is 1. The summed E-state index contributed by atoms with van der Waals surface area (Å²) in [7, 11) is 5.10. The molecule has 1 aromatic rings. The van der Waals surface area contributed by atoms with Gasteiger partial charge in [-0.15, -0.1) is 0 Å². The molecule has 0 fully saturated rings. The number of carbonyl (C=O) groups is 1. The number of hydrogen-bond acceptors (Lipinski definition) is 4. The first-order valence-electron chi connectivity index (χ1n) is 4.67. The van der Waals surface area contributed by atoms with E-state index in [2.05, 4.69) is 4.74 Å². The van der Waals surface area contributed by atoms with Crippen molar-refractivity contribution in [3.8, 4) is 0 Å². The SMILES string of the molecule is COC(=O)c1ccc(N(C)C)c(C(N)=S)c1. The van der Waals surface area contributed by atoms with Gasteiger partial charge in [0.05, 0.1) is 12.7 Å². The summed E-state index contributed by atoms with van der Waals surface area (Å²) >= 11 is 4.95. The smallest absolute Gasteiger partial charge is 0.337 e. The highest BCUT2D eigenvalue weighted by atomic mass is 32.1. The first kappa shape index (κ1) is 12.4. The fourth-order valence-electron chi connectivity index (χ4n) is 1.37. The van der Waals surface area contributed by atoms with Crippen molar-refractivity contribution < 1.29 is 9.53 Å². The number of methoxy groups -OCH3 is 1. The Hall–Kier alpha value is -1.62. The van der Waals surface area contributed by atoms with E-state index in [1.807, 2.05) is 19.0 Å². The molecule has 2 N–H and O–H groups in total. The molecule has 0 unspecified atom stereocenters. The summed E-state index contributed by atoms with van der Waals surface area (Å²) in [6, 6.07) is 5.12. The molecule has 0 aliphatic carbocycles. The number of esters is 1. The van der Waals surface area contributed by atoms with Gasteiger partial charge in [0, 0.05) is 25.3 Å². The van der Waals surface area contributed by atoms with Gasteiger partial charge in [-0.1, -0.05) is 12.2 Å². The normalized spacial score (nSPS) is 9.69. The highest BCUT2D eigenvalue weighted by molar-refractivity contribution is 7.80. The number of nitrogens with zero attached hydrogens (tertiary/aromatic N) is 1. The van der Waals surface area contributed by atoms with E-state index >= 15 is 0 Å². The average Bonchev–Trinajstić information content (AvgIpc) is 2.26. The zero-order chi connectivity index (χ0) is 12.3. The molecule has 0 bridgehead atoms. The van der Waals surface area contributed by atoms with Crippen molar-refractivity contribution in [1.82, 2.24) is 0 Å². The molecule has 4 nitrogen and oxygen atoms in total. The quantitative estimate of drug-likeness (QED) is 0.633. The van der Waals surface area contributed by atoms with Crippen LogP contribution in [0.2, 0.25) is 0 Å². The van der Waals surface area contributed by atoms with Crippen molar-refractivity contribution in [2.45, 2.75) is 0 Å². The van der Waals surface area contributed by atoms with Gasteiger partial charge < -0.3 is 15.4 Å². The van der Waals surface area contributed by atoms with Gasteiger partial charge in [0.15, 0.2) is 0 Å². The molecule has 0 spiro atoms. The first-order valence-corrected chi connectivity index (χ1v) is 5.07. The first-order chi connectivity index (χ1) is 7.47. The second-order valence-corrected chi connectivity index (χ2v) is 3.92. The highest BCUT2D eigenvalue weighted by Gasteiger charge is 2.12. The maximum Gasteiger partial charge on any atom is 0.337 e. The van der Waals surface area contributed by atoms with Crippen LogP contribution in [0.5, 0.6) is 0 Å². The molecule has 0 amide bonds. The predicted molar refractivity (Wildman–Crippen MR) is 68.0 cm³/mol. The Morgan fingerprint density at radius 2 is 2.06 bits per heavy atom. The van der Waals surface area contributed by atoms with Crippen LogP contribution in [0.3, 0.4) is 0 Å². The van der Waals surface area contributed by atoms with E-state index < -0.39 is 5.97 Å². The Bertz CT molecular complexity index is 430. The van der Waals surface area contributed by atoms with Crippen LogP contribution in [0.15, 0.2) is 18.2 Å². The molecule has 0 aromatic heterocycles. The van der Waals surface area contributed by atoms with Crippen LogP contribution in [0.1, 0.15) is 15.9 Å². The van der Waals surface area contributed by atoms with Crippen molar-refractivity contribution in [3.63, 3.8) is 0 Å². The second-order valence-electron chi connectivity index (χ2n) is 3.48. The number of carbonyl (C=O) groups excluding carboxylic acids is 1. The lowest BCUT2D eigenvalue weighted by molar-refractivity contribution is 0.0601.